The van der Waals surface area contributed by atoms with Gasteiger partial charge in [-0.3, -0.25) is 19.2 Å². The minimum absolute atomic E-state index is 0.0492. The molecule has 0 spiro atoms. The van der Waals surface area contributed by atoms with E-state index in [1.165, 1.54) is 55.7 Å². The summed E-state index contributed by atoms with van der Waals surface area (Å²) >= 11 is 11.4. The number of nitrogens with one attached hydrogen (secondary N) is 6. The first-order valence-corrected chi connectivity index (χ1v) is 32.5. The van der Waals surface area contributed by atoms with E-state index < -0.39 is 12.1 Å². The van der Waals surface area contributed by atoms with Crippen molar-refractivity contribution >= 4 is 99.0 Å². The first-order chi connectivity index (χ1) is 46.1. The Morgan fingerprint density at radius 1 is 0.552 bits per heavy atom. The highest BCUT2D eigenvalue weighted by atomic mass is 35.5. The highest BCUT2D eigenvalue weighted by Crippen LogP contribution is 2.33. The second kappa shape index (κ2) is 36.1. The van der Waals surface area contributed by atoms with Crippen molar-refractivity contribution in [3.8, 4) is 23.0 Å². The first kappa shape index (κ1) is 72.6. The minimum atomic E-state index is -5.08. The molecule has 2 saturated carbocycles. The number of phenols is 1. The van der Waals surface area contributed by atoms with E-state index >= 15 is 0 Å². The lowest BCUT2D eigenvalue weighted by molar-refractivity contribution is -0.192. The van der Waals surface area contributed by atoms with E-state index in [4.69, 9.17) is 57.5 Å². The third kappa shape index (κ3) is 23.6. The van der Waals surface area contributed by atoms with Crippen LogP contribution in [0.2, 0.25) is 10.0 Å². The number of amides is 6. The molecule has 2 saturated heterocycles. The number of rotatable bonds is 12. The Kier molecular flexibility index (Phi) is 27.3. The number of alkyl halides is 3. The number of likely N-dealkylation sites (tertiary alicyclic amines) is 1. The van der Waals surface area contributed by atoms with Crippen LogP contribution >= 0.6 is 23.2 Å². The number of anilines is 5. The summed E-state index contributed by atoms with van der Waals surface area (Å²) in [5, 5.41) is 43.3. The number of ether oxygens (including phenoxy) is 3. The molecule has 8 aliphatic rings. The van der Waals surface area contributed by atoms with Crippen molar-refractivity contribution in [3.63, 3.8) is 0 Å². The van der Waals surface area contributed by atoms with Crippen LogP contribution in [-0.2, 0) is 54.5 Å². The van der Waals surface area contributed by atoms with Gasteiger partial charge < -0.3 is 66.3 Å². The number of isocyanates is 1. The SMILES string of the molecule is O=C(O)C(F)(F)F.O=C1CCc2cc(O)ccc2N1.O=C1CCc2cc(OCC3CCC3)ccc2N1.O=C1CCc2cc(OCC3CN(C(=O)Nc4ccc(Cl)cc4)C3)ccc2N1.O=C1CCc2cc(OCC3CNC3)ccc2N1.O=C=Nc1ccc(Cl)cc1.OCC1CCC1. The molecule has 6 amide bonds. The van der Waals surface area contributed by atoms with Crippen molar-refractivity contribution in [2.45, 2.75) is 96.1 Å². The maximum absolute atomic E-state index is 12.2. The normalized spacial score (nSPS) is 16.4. The molecule has 96 heavy (non-hydrogen) atoms. The van der Waals surface area contributed by atoms with E-state index in [2.05, 4.69) is 43.0 Å². The average molecular weight is 1370 g/mol. The minimum Gasteiger partial charge on any atom is -0.508 e. The van der Waals surface area contributed by atoms with Gasteiger partial charge in [-0.25, -0.2) is 14.4 Å². The van der Waals surface area contributed by atoms with Crippen molar-refractivity contribution in [3.05, 3.63) is 154 Å². The Morgan fingerprint density at radius 3 is 1.29 bits per heavy atom. The summed E-state index contributed by atoms with van der Waals surface area (Å²) in [7, 11) is 0. The Bertz CT molecular complexity index is 3610. The number of aromatic hydroxyl groups is 1. The zero-order chi connectivity index (χ0) is 68.6. The second-order valence-electron chi connectivity index (χ2n) is 23.9. The largest absolute Gasteiger partial charge is 0.508 e. The number of halogens is 5. The molecule has 6 heterocycles. The number of aryl methyl sites for hydroxylation is 4. The number of nitrogens with zero attached hydrogens (tertiary/aromatic N) is 2. The molecule has 6 aromatic carbocycles. The number of aliphatic imine (C=N–C) groups is 1. The number of hydrogen-bond donors (Lipinski definition) is 9. The molecule has 0 unspecified atom stereocenters. The predicted molar refractivity (Wildman–Crippen MR) is 358 cm³/mol. The molecule has 2 aliphatic carbocycles. The summed E-state index contributed by atoms with van der Waals surface area (Å²) in [5.74, 6) is 2.85. The number of hydrogen-bond acceptors (Lipinski definition) is 14. The number of urea groups is 1. The molecule has 0 aromatic heterocycles. The van der Waals surface area contributed by atoms with Crippen LogP contribution in [0.5, 0.6) is 23.0 Å². The number of carbonyl (C=O) groups is 6. The Balaban J connectivity index is 0.000000151. The maximum atomic E-state index is 12.2. The van der Waals surface area contributed by atoms with E-state index in [-0.39, 0.29) is 35.4 Å². The average Bonchev–Trinajstić information content (AvgIpc) is 0.863. The topological polar surface area (TPSA) is 296 Å². The van der Waals surface area contributed by atoms with Gasteiger partial charge >= 0.3 is 18.2 Å². The van der Waals surface area contributed by atoms with E-state index in [0.717, 1.165) is 115 Å². The number of phenolic OH excluding ortho intramolecular Hbond substituents is 1. The molecule has 0 bridgehead atoms. The van der Waals surface area contributed by atoms with Gasteiger partial charge in [-0.15, -0.1) is 0 Å². The fraction of sp³-hybridized carbons (Fsp3) is 0.386. The van der Waals surface area contributed by atoms with Crippen molar-refractivity contribution in [2.24, 2.45) is 28.7 Å². The summed E-state index contributed by atoms with van der Waals surface area (Å²) in [6.45, 7) is 6.04. The molecule has 0 atom stereocenters. The van der Waals surface area contributed by atoms with Gasteiger partial charge in [0.1, 0.15) is 23.0 Å². The Hall–Kier alpha value is -9.19. The van der Waals surface area contributed by atoms with Gasteiger partial charge in [0.15, 0.2) is 0 Å². The summed E-state index contributed by atoms with van der Waals surface area (Å²) in [6, 6.07) is 36.1. The van der Waals surface area contributed by atoms with Gasteiger partial charge in [0.05, 0.1) is 25.5 Å². The zero-order valence-corrected chi connectivity index (χ0v) is 54.1. The van der Waals surface area contributed by atoms with Crippen LogP contribution in [0, 0.1) is 23.7 Å². The fourth-order valence-corrected chi connectivity index (χ4v) is 10.6. The van der Waals surface area contributed by atoms with Crippen molar-refractivity contribution < 1.29 is 76.3 Å². The van der Waals surface area contributed by atoms with Gasteiger partial charge in [-0.2, -0.15) is 18.2 Å². The summed E-state index contributed by atoms with van der Waals surface area (Å²) in [5.41, 5.74) is 9.33. The van der Waals surface area contributed by atoms with E-state index in [1.54, 1.807) is 71.6 Å². The molecule has 0 radical (unpaired) electrons. The number of carboxylic acid groups (broad SMARTS) is 1. The monoisotopic (exact) mass is 1360 g/mol. The van der Waals surface area contributed by atoms with Crippen LogP contribution in [0.4, 0.5) is 52.1 Å². The molecule has 510 valence electrons. The van der Waals surface area contributed by atoms with Gasteiger partial charge in [-0.1, -0.05) is 36.0 Å². The molecular weight excluding hydrogens is 1290 g/mol. The Morgan fingerprint density at radius 2 is 0.938 bits per heavy atom. The predicted octanol–water partition coefficient (Wildman–Crippen LogP) is 12.7. The molecular formula is C70H77Cl2F3N8O13. The summed E-state index contributed by atoms with van der Waals surface area (Å²) in [4.78, 5) is 80.8. The number of aliphatic carboxylic acids is 1. The summed E-state index contributed by atoms with van der Waals surface area (Å²) < 4.78 is 49.2. The number of fused-ring (bicyclic) bond motifs is 4. The molecule has 4 fully saturated rings. The van der Waals surface area contributed by atoms with Crippen molar-refractivity contribution in [1.82, 2.24) is 10.2 Å². The molecule has 26 heteroatoms. The van der Waals surface area contributed by atoms with Crippen LogP contribution in [-0.4, -0.2) is 121 Å². The number of carboxylic acids is 1. The van der Waals surface area contributed by atoms with Crippen LogP contribution in [0.25, 0.3) is 0 Å². The molecule has 21 nitrogen and oxygen atoms in total. The van der Waals surface area contributed by atoms with Gasteiger partial charge in [0.25, 0.3) is 0 Å². The lowest BCUT2D eigenvalue weighted by atomic mass is 9.86. The maximum Gasteiger partial charge on any atom is 0.490 e. The summed E-state index contributed by atoms with van der Waals surface area (Å²) in [6.07, 6.45) is 9.44. The van der Waals surface area contributed by atoms with Crippen molar-refractivity contribution in [2.75, 3.05) is 79.2 Å². The smallest absolute Gasteiger partial charge is 0.490 e. The zero-order valence-electron chi connectivity index (χ0n) is 52.6. The first-order valence-electron chi connectivity index (χ1n) is 31.7. The Labute approximate surface area is 563 Å². The quantitative estimate of drug-likeness (QED) is 0.0313. The van der Waals surface area contributed by atoms with Gasteiger partial charge in [0.2, 0.25) is 29.7 Å². The van der Waals surface area contributed by atoms with Crippen LogP contribution < -0.4 is 46.1 Å². The van der Waals surface area contributed by atoms with Crippen LogP contribution in [0.15, 0.2) is 126 Å². The number of aliphatic hydroxyl groups excluding tert-OH is 1. The van der Waals surface area contributed by atoms with Gasteiger partial charge in [-0.05, 0) is 207 Å². The van der Waals surface area contributed by atoms with Crippen LogP contribution in [0.1, 0.15) is 86.5 Å². The number of benzene rings is 6. The molecule has 6 aliphatic heterocycles. The van der Waals surface area contributed by atoms with Crippen LogP contribution in [0.3, 0.4) is 0 Å². The van der Waals surface area contributed by atoms with E-state index in [1.807, 2.05) is 48.5 Å². The lowest BCUT2D eigenvalue weighted by Gasteiger charge is -2.38. The number of carbonyl (C=O) groups excluding carboxylic acids is 6. The van der Waals surface area contributed by atoms with Crippen molar-refractivity contribution in [1.29, 1.82) is 0 Å². The van der Waals surface area contributed by atoms with E-state index in [9.17, 15) is 41.9 Å². The van der Waals surface area contributed by atoms with E-state index in [0.29, 0.717) is 85.5 Å². The third-order valence-corrected chi connectivity index (χ3v) is 17.0. The fourth-order valence-electron chi connectivity index (χ4n) is 10.3. The lowest BCUT2D eigenvalue weighted by Crippen LogP contribution is -2.53. The molecule has 6 aromatic rings. The third-order valence-electron chi connectivity index (χ3n) is 16.5. The van der Waals surface area contributed by atoms with Gasteiger partial charge in [0, 0.05) is 109 Å². The molecule has 9 N–H and O–H groups in total. The highest BCUT2D eigenvalue weighted by Gasteiger charge is 2.38. The second-order valence-corrected chi connectivity index (χ2v) is 24.8. The number of aliphatic hydroxyl groups is 1. The molecule has 14 rings (SSSR count). The highest BCUT2D eigenvalue weighted by molar-refractivity contribution is 6.31. The standard InChI is InChI=1S/C20H20ClN3O3.C14H17NO2.C13H16N2O2.C9H9NO2.C7H4ClNO.C5H10O.C2HF3O2/c21-15-2-4-16(5-3-15)22-20(26)24-10-13(11-24)12-27-17-6-7-18-14(9-17)1-8-19(25)23-18;16-14-7-4-11-8-12(5-6-13(11)15-14)17-9-10-2-1-3-10;16-13-4-1-10-5-11(2-3-12(10)15-13)17-8-9-6-14-7-9;11-7-2-3-8-6(5-7)1-4-9(12)10-8;8-6-1-3-7(4-2-6)9-5-10;6-4-5-2-1-3-5;3-2(4,5)1(6)7/h2-7,9,13H,1,8,10-12H2,(H,22,26)(H,23,25);5-6,8,10H,1-4,7,9H2,(H,15,16);2-3,5,9,14H,1,4,6-8H2,(H,15,16);2-3,5,11H,1,4H2,(H,10,12);1-4H;5-6H,1-4H2;(H,6,7).